The molecular formula is C13H17NOS. The molecule has 1 N–H and O–H groups in total. The van der Waals surface area contributed by atoms with Crippen molar-refractivity contribution in [2.24, 2.45) is 0 Å². The van der Waals surface area contributed by atoms with Crippen LogP contribution < -0.4 is 5.32 Å². The van der Waals surface area contributed by atoms with Crippen LogP contribution in [0, 0.1) is 13.8 Å². The molecule has 2 nitrogen and oxygen atoms in total. The molecule has 0 bridgehead atoms. The third kappa shape index (κ3) is 2.40. The Labute approximate surface area is 101 Å². The van der Waals surface area contributed by atoms with Gasteiger partial charge in [-0.2, -0.15) is 0 Å². The largest absolute Gasteiger partial charge is 0.325 e. The fourth-order valence-corrected chi connectivity index (χ4v) is 3.05. The molecule has 0 spiro atoms. The molecule has 16 heavy (non-hydrogen) atoms. The number of carbonyl (C=O) groups excluding carboxylic acids is 1. The average Bonchev–Trinajstić information content (AvgIpc) is 2.78. The Morgan fingerprint density at radius 1 is 1.44 bits per heavy atom. The summed E-state index contributed by atoms with van der Waals surface area (Å²) < 4.78 is 0. The van der Waals surface area contributed by atoms with E-state index in [1.54, 1.807) is 11.8 Å². The second kappa shape index (κ2) is 4.91. The van der Waals surface area contributed by atoms with Gasteiger partial charge in [-0.05, 0) is 49.6 Å². The summed E-state index contributed by atoms with van der Waals surface area (Å²) in [5.41, 5.74) is 3.34. The molecule has 1 fully saturated rings. The lowest BCUT2D eigenvalue weighted by Gasteiger charge is -2.13. The second-order valence-corrected chi connectivity index (χ2v) is 5.55. The number of hydrogen-bond acceptors (Lipinski definition) is 2. The summed E-state index contributed by atoms with van der Waals surface area (Å²) in [6.07, 6.45) is 2.18. The molecule has 1 aromatic carbocycles. The minimum atomic E-state index is 0.153. The number of rotatable bonds is 2. The van der Waals surface area contributed by atoms with Gasteiger partial charge in [0.2, 0.25) is 5.91 Å². The van der Waals surface area contributed by atoms with Gasteiger partial charge in [0.25, 0.3) is 0 Å². The first kappa shape index (κ1) is 11.5. The molecule has 1 aromatic rings. The lowest BCUT2D eigenvalue weighted by Crippen LogP contribution is -2.23. The molecular weight excluding hydrogens is 218 g/mol. The summed E-state index contributed by atoms with van der Waals surface area (Å²) in [5.74, 6) is 1.28. The summed E-state index contributed by atoms with van der Waals surface area (Å²) >= 11 is 1.77. The normalized spacial score (nSPS) is 19.8. The van der Waals surface area contributed by atoms with Gasteiger partial charge in [0, 0.05) is 5.69 Å². The monoisotopic (exact) mass is 235 g/mol. The van der Waals surface area contributed by atoms with Crippen LogP contribution in [0.25, 0.3) is 0 Å². The van der Waals surface area contributed by atoms with Crippen LogP contribution in [0.15, 0.2) is 18.2 Å². The molecule has 0 saturated carbocycles. The lowest BCUT2D eigenvalue weighted by atomic mass is 10.1. The van der Waals surface area contributed by atoms with E-state index in [4.69, 9.17) is 0 Å². The number of anilines is 1. The van der Waals surface area contributed by atoms with Crippen LogP contribution in [0.4, 0.5) is 5.69 Å². The number of nitrogens with one attached hydrogen (secondary N) is 1. The molecule has 2 rings (SSSR count). The van der Waals surface area contributed by atoms with Crippen molar-refractivity contribution in [3.63, 3.8) is 0 Å². The minimum Gasteiger partial charge on any atom is -0.325 e. The van der Waals surface area contributed by atoms with E-state index in [-0.39, 0.29) is 11.2 Å². The number of aryl methyl sites for hydroxylation is 1. The van der Waals surface area contributed by atoms with Gasteiger partial charge in [0.05, 0.1) is 5.25 Å². The Bertz CT molecular complexity index is 397. The third-order valence-electron chi connectivity index (χ3n) is 3.08. The van der Waals surface area contributed by atoms with E-state index in [1.807, 2.05) is 19.1 Å². The van der Waals surface area contributed by atoms with Crippen molar-refractivity contribution in [3.05, 3.63) is 29.3 Å². The van der Waals surface area contributed by atoms with Crippen LogP contribution in [0.5, 0.6) is 0 Å². The number of carbonyl (C=O) groups is 1. The molecule has 1 unspecified atom stereocenters. The second-order valence-electron chi connectivity index (χ2n) is 4.24. The maximum atomic E-state index is 11.9. The lowest BCUT2D eigenvalue weighted by molar-refractivity contribution is -0.115. The van der Waals surface area contributed by atoms with E-state index >= 15 is 0 Å². The molecule has 0 aliphatic carbocycles. The fourth-order valence-electron chi connectivity index (χ4n) is 1.88. The smallest absolute Gasteiger partial charge is 0.237 e. The highest BCUT2D eigenvalue weighted by atomic mass is 32.2. The maximum Gasteiger partial charge on any atom is 0.237 e. The third-order valence-corrected chi connectivity index (χ3v) is 4.46. The number of hydrogen-bond donors (Lipinski definition) is 1. The molecule has 1 heterocycles. The van der Waals surface area contributed by atoms with Gasteiger partial charge < -0.3 is 5.32 Å². The Morgan fingerprint density at radius 2 is 2.25 bits per heavy atom. The SMILES string of the molecule is Cc1cccc(NC(=O)C2CCCS2)c1C. The highest BCUT2D eigenvalue weighted by molar-refractivity contribution is 8.00. The van der Waals surface area contributed by atoms with Crippen molar-refractivity contribution in [3.8, 4) is 0 Å². The zero-order valence-corrected chi connectivity index (χ0v) is 10.6. The topological polar surface area (TPSA) is 29.1 Å². The molecule has 86 valence electrons. The zero-order valence-electron chi connectivity index (χ0n) is 9.75. The minimum absolute atomic E-state index is 0.153. The number of benzene rings is 1. The first-order chi connectivity index (χ1) is 7.68. The standard InChI is InChI=1S/C13H17NOS/c1-9-5-3-6-11(10(9)2)14-13(15)12-7-4-8-16-12/h3,5-6,12H,4,7-8H2,1-2H3,(H,14,15). The van der Waals surface area contributed by atoms with E-state index in [2.05, 4.69) is 18.3 Å². The Morgan fingerprint density at radius 3 is 2.94 bits per heavy atom. The van der Waals surface area contributed by atoms with Crippen LogP contribution in [-0.4, -0.2) is 16.9 Å². The highest BCUT2D eigenvalue weighted by Crippen LogP contribution is 2.28. The molecule has 1 atom stereocenters. The summed E-state index contributed by atoms with van der Waals surface area (Å²) in [5, 5.41) is 3.19. The van der Waals surface area contributed by atoms with Gasteiger partial charge in [0.1, 0.15) is 0 Å². The van der Waals surface area contributed by atoms with Crippen LogP contribution >= 0.6 is 11.8 Å². The van der Waals surface area contributed by atoms with Gasteiger partial charge in [-0.1, -0.05) is 12.1 Å². The molecule has 1 amide bonds. The van der Waals surface area contributed by atoms with E-state index in [9.17, 15) is 4.79 Å². The van der Waals surface area contributed by atoms with E-state index in [0.29, 0.717) is 0 Å². The van der Waals surface area contributed by atoms with Crippen molar-refractivity contribution in [1.29, 1.82) is 0 Å². The van der Waals surface area contributed by atoms with E-state index < -0.39 is 0 Å². The van der Waals surface area contributed by atoms with E-state index in [0.717, 1.165) is 24.3 Å². The predicted molar refractivity (Wildman–Crippen MR) is 70.0 cm³/mol. The van der Waals surface area contributed by atoms with Crippen LogP contribution in [0.3, 0.4) is 0 Å². The van der Waals surface area contributed by atoms with Gasteiger partial charge in [0.15, 0.2) is 0 Å². The molecule has 0 radical (unpaired) electrons. The molecule has 3 heteroatoms. The summed E-state index contributed by atoms with van der Waals surface area (Å²) in [7, 11) is 0. The van der Waals surface area contributed by atoms with Crippen LogP contribution in [0.2, 0.25) is 0 Å². The van der Waals surface area contributed by atoms with E-state index in [1.165, 1.54) is 11.1 Å². The number of amides is 1. The van der Waals surface area contributed by atoms with Gasteiger partial charge in [-0.15, -0.1) is 11.8 Å². The fraction of sp³-hybridized carbons (Fsp3) is 0.462. The number of thioether (sulfide) groups is 1. The van der Waals surface area contributed by atoms with Crippen molar-refractivity contribution in [1.82, 2.24) is 0 Å². The molecule has 1 aliphatic rings. The quantitative estimate of drug-likeness (QED) is 0.853. The average molecular weight is 235 g/mol. The molecule has 0 aromatic heterocycles. The van der Waals surface area contributed by atoms with Crippen molar-refractivity contribution in [2.75, 3.05) is 11.1 Å². The maximum absolute atomic E-state index is 11.9. The van der Waals surface area contributed by atoms with Crippen molar-refractivity contribution < 1.29 is 4.79 Å². The van der Waals surface area contributed by atoms with Gasteiger partial charge >= 0.3 is 0 Å². The van der Waals surface area contributed by atoms with Crippen LogP contribution in [0.1, 0.15) is 24.0 Å². The van der Waals surface area contributed by atoms with Crippen molar-refractivity contribution in [2.45, 2.75) is 31.9 Å². The summed E-state index contributed by atoms with van der Waals surface area (Å²) in [6, 6.07) is 6.02. The van der Waals surface area contributed by atoms with Gasteiger partial charge in [-0.3, -0.25) is 4.79 Å². The molecule has 1 saturated heterocycles. The molecule has 1 aliphatic heterocycles. The predicted octanol–water partition coefficient (Wildman–Crippen LogP) is 3.14. The summed E-state index contributed by atoms with van der Waals surface area (Å²) in [4.78, 5) is 11.9. The Balaban J connectivity index is 2.08. The Kier molecular flexibility index (Phi) is 3.54. The highest BCUT2D eigenvalue weighted by Gasteiger charge is 2.23. The van der Waals surface area contributed by atoms with Crippen LogP contribution in [-0.2, 0) is 4.79 Å². The van der Waals surface area contributed by atoms with Gasteiger partial charge in [-0.25, -0.2) is 0 Å². The van der Waals surface area contributed by atoms with Crippen molar-refractivity contribution >= 4 is 23.4 Å². The first-order valence-electron chi connectivity index (χ1n) is 5.67. The Hall–Kier alpha value is -0.960. The zero-order chi connectivity index (χ0) is 11.5. The first-order valence-corrected chi connectivity index (χ1v) is 6.72. The summed E-state index contributed by atoms with van der Waals surface area (Å²) in [6.45, 7) is 4.11.